The highest BCUT2D eigenvalue weighted by Crippen LogP contribution is 3.14. The Balaban J connectivity index is 0.000000140. The van der Waals surface area contributed by atoms with Gasteiger partial charge in [0.1, 0.15) is 5.67 Å². The highest BCUT2D eigenvalue weighted by Gasteiger charge is 3.11. The van der Waals surface area contributed by atoms with Crippen LogP contribution in [0, 0.1) is 223 Å². The lowest BCUT2D eigenvalue weighted by atomic mass is 8.89. The Hall–Kier alpha value is -0.590. The summed E-state index contributed by atoms with van der Waals surface area (Å²) in [5, 5.41) is 0. The van der Waals surface area contributed by atoms with E-state index < -0.39 is 5.67 Å². The first-order chi connectivity index (χ1) is 50.6. The van der Waals surface area contributed by atoms with Gasteiger partial charge in [-0.1, -0.05) is 364 Å². The Morgan fingerprint density at radius 3 is 0.638 bits per heavy atom. The van der Waals surface area contributed by atoms with Crippen molar-refractivity contribution in [2.75, 3.05) is 0 Å². The van der Waals surface area contributed by atoms with Crippen LogP contribution in [0.25, 0.3) is 0 Å². The predicted octanol–water partition coefficient (Wildman–Crippen LogP) is 36.4. The fourth-order valence-electron chi connectivity index (χ4n) is 34.8. The summed E-state index contributed by atoms with van der Waals surface area (Å²) in [7, 11) is 0. The van der Waals surface area contributed by atoms with Crippen molar-refractivity contribution in [3.05, 3.63) is 24.3 Å². The van der Waals surface area contributed by atoms with Crippen molar-refractivity contribution in [1.82, 2.24) is 0 Å². The molecule has 116 heavy (non-hydrogen) atoms. The van der Waals surface area contributed by atoms with Crippen LogP contribution in [-0.2, 0) is 0 Å². The maximum Gasteiger partial charge on any atom is 0.120 e. The molecule has 0 aromatic rings. The number of hydrogen-bond acceptors (Lipinski definition) is 0. The van der Waals surface area contributed by atoms with Crippen LogP contribution < -0.4 is 0 Å². The summed E-state index contributed by atoms with van der Waals surface area (Å²) >= 11 is 0. The molecule has 0 radical (unpaired) electrons. The largest absolute Gasteiger partial charge is 0.243 e. The van der Waals surface area contributed by atoms with Crippen LogP contribution in [0.4, 0.5) is 4.39 Å². The molecule has 0 aromatic carbocycles. The van der Waals surface area contributed by atoms with Crippen molar-refractivity contribution < 1.29 is 4.39 Å². The Bertz CT molecular complexity index is 3250. The van der Waals surface area contributed by atoms with Gasteiger partial charge in [0, 0.05) is 21.7 Å². The van der Waals surface area contributed by atoms with Crippen LogP contribution in [0.2, 0.25) is 0 Å². The number of rotatable bonds is 0. The number of halogens is 1. The minimum absolute atomic E-state index is 0. The van der Waals surface area contributed by atoms with E-state index in [4.69, 9.17) is 0 Å². The van der Waals surface area contributed by atoms with Gasteiger partial charge < -0.3 is 0 Å². The zero-order valence-corrected chi connectivity index (χ0v) is 87.3. The molecule has 0 spiro atoms. The molecule has 2 atom stereocenters. The molecule has 0 N–H and O–H groups in total. The van der Waals surface area contributed by atoms with E-state index in [2.05, 4.69) is 357 Å². The predicted molar refractivity (Wildman–Crippen MR) is 509 cm³/mol. The third-order valence-electron chi connectivity index (χ3n) is 44.5. The summed E-state index contributed by atoms with van der Waals surface area (Å²) in [6.45, 7) is 117. The van der Waals surface area contributed by atoms with Gasteiger partial charge in [-0.2, -0.15) is 0 Å². The molecule has 22 aliphatic carbocycles. The Morgan fingerprint density at radius 2 is 0.500 bits per heavy atom. The first-order valence-electron chi connectivity index (χ1n) is 49.7. The van der Waals surface area contributed by atoms with Crippen LogP contribution >= 0.6 is 0 Å². The molecule has 22 rings (SSSR count). The van der Waals surface area contributed by atoms with E-state index >= 15 is 0 Å². The monoisotopic (exact) mass is 1610 g/mol. The topological polar surface area (TPSA) is 0 Å². The maximum absolute atomic E-state index is 15.0. The van der Waals surface area contributed by atoms with Crippen molar-refractivity contribution in [2.24, 2.45) is 223 Å². The third-order valence-corrected chi connectivity index (χ3v) is 44.5. The van der Waals surface area contributed by atoms with Crippen LogP contribution in [0.15, 0.2) is 24.3 Å². The summed E-state index contributed by atoms with van der Waals surface area (Å²) in [4.78, 5) is 0. The van der Waals surface area contributed by atoms with Gasteiger partial charge in [-0.15, -0.1) is 0 Å². The Kier molecular flexibility index (Phi) is 22.7. The van der Waals surface area contributed by atoms with E-state index in [9.17, 15) is 4.39 Å². The van der Waals surface area contributed by atoms with Gasteiger partial charge in [-0.25, -0.2) is 4.39 Å². The van der Waals surface area contributed by atoms with E-state index in [1.54, 1.807) is 12.8 Å². The molecule has 2 unspecified atom stereocenters. The van der Waals surface area contributed by atoms with Gasteiger partial charge >= 0.3 is 0 Å². The van der Waals surface area contributed by atoms with Crippen molar-refractivity contribution in [1.29, 1.82) is 0 Å². The second-order valence-corrected chi connectivity index (χ2v) is 63.0. The van der Waals surface area contributed by atoms with Crippen LogP contribution in [0.3, 0.4) is 0 Å². The van der Waals surface area contributed by atoms with E-state index in [0.29, 0.717) is 103 Å². The molecule has 0 aromatic heterocycles. The molecule has 22 aliphatic rings. The molecule has 674 valence electrons. The lowest BCUT2D eigenvalue weighted by Gasteiger charge is -3.15. The minimum atomic E-state index is -0.962. The van der Waals surface area contributed by atoms with Gasteiger partial charge in [0.25, 0.3) is 0 Å². The van der Waals surface area contributed by atoms with Gasteiger partial charge in [-0.3, -0.25) is 0 Å². The molecule has 0 aliphatic heterocycles. The second-order valence-electron chi connectivity index (χ2n) is 63.0. The third kappa shape index (κ3) is 13.1. The van der Waals surface area contributed by atoms with Crippen molar-refractivity contribution in [2.45, 2.75) is 481 Å². The average Bonchev–Trinajstić information content (AvgIpc) is 0.735. The summed E-state index contributed by atoms with van der Waals surface area (Å²) in [6.07, 6.45) is 38.4. The standard InChI is InChI=1S/C16H24.C16H30.C15H26.C15H24.C14H25F.C14H28.C13H24.C11H22.CH4/c1-13(2,3)15-7-10-8(15)12-9(15)11(7)16(10,12)14(4,5)6;1-13(2,3)15-7-10-16(11-8-15,12-9-15)14(4,5)6;1-13(2,3)11-9-7-15(14(4,5)6)8-10(11)12(9)15;1-12(2,3)14-7-9-15(11-14,10-8-14)13(4,5)6;1-10(2,3)13-8-14(9-13,11(4,5)6)12(13,7)15;1-13(2,3)11-7-9-12(10-8-11)14(4,5)6;1-10(2,3)12-7-13(8-12,9-12)11(4,5)6;1-9(2,3)11(7-8-11)10(4,5)6;/h7-12H,1-6H3;7-12H2,1-6H3;9-12H,7-8H2,1-6H3;7-10H,11H2,1-6H3;8-9H2,1-7H3;11-12H,7-10H2,1-6H3;7-9H2,1-6H3;7-8H2,1-6H3;1H4. The highest BCUT2D eigenvalue weighted by molar-refractivity contribution is 5.57. The maximum atomic E-state index is 15.0. The fourth-order valence-corrected chi connectivity index (χ4v) is 34.8. The van der Waals surface area contributed by atoms with Crippen molar-refractivity contribution in [3.63, 3.8) is 0 Å². The van der Waals surface area contributed by atoms with Gasteiger partial charge in [-0.05, 0) is 336 Å². The second kappa shape index (κ2) is 27.0. The van der Waals surface area contributed by atoms with E-state index in [1.165, 1.54) is 138 Å². The molecular weight excluding hydrogens is 1400 g/mol. The number of fused-ring (bicyclic) bond motifs is 5. The van der Waals surface area contributed by atoms with Gasteiger partial charge in [0.05, 0.1) is 0 Å². The van der Waals surface area contributed by atoms with E-state index in [0.717, 1.165) is 75.4 Å². The number of hydrogen-bond donors (Lipinski definition) is 0. The Morgan fingerprint density at radius 1 is 0.250 bits per heavy atom. The molecule has 0 saturated heterocycles. The molecule has 20 fully saturated rings. The molecule has 0 heterocycles. The lowest BCUT2D eigenvalue weighted by molar-refractivity contribution is -0.690. The zero-order chi connectivity index (χ0) is 88.4. The number of alkyl halides is 1. The molecule has 20 saturated carbocycles. The van der Waals surface area contributed by atoms with Gasteiger partial charge in [0.2, 0.25) is 0 Å². The first kappa shape index (κ1) is 97.6. The van der Waals surface area contributed by atoms with E-state index in [-0.39, 0.29) is 29.1 Å². The molecule has 8 bridgehead atoms. The zero-order valence-electron chi connectivity index (χ0n) is 87.3. The first-order valence-corrected chi connectivity index (χ1v) is 49.7. The smallest absolute Gasteiger partial charge is 0.120 e. The van der Waals surface area contributed by atoms with Gasteiger partial charge in [0.15, 0.2) is 0 Å². The molecule has 0 nitrogen and oxygen atoms in total. The SMILES string of the molecule is C.CC(C)(C)C1(C(C)(C)C)CC1.CC(C)(C)C12C3C4C1C1C2C3C41C(C)(C)C.CC(C)(C)C12C=CC(C(C)(C)C)(C=C1)C2.CC(C)(C)C12CC(C(C)(C)C)(C1)C2.CC(C)(C)C12CC(C(C)(C)C)(C1)C2(C)F.CC(C)(C)C12CCC(C(C)(C)C)(CC1)CC2.CC(C)(C)C1C2CC3(C(C)(C)C)CC1C23.CC(C)(C)C1CCC(C(C)(C)C)CC1. The highest BCUT2D eigenvalue weighted by atomic mass is 19.1. The normalized spacial score (nSPS) is 44.5. The summed E-state index contributed by atoms with van der Waals surface area (Å²) in [5.74, 6) is 13.3. The van der Waals surface area contributed by atoms with Crippen LogP contribution in [0.5, 0.6) is 0 Å². The minimum Gasteiger partial charge on any atom is -0.243 e. The molecule has 0 amide bonds. The lowest BCUT2D eigenvalue weighted by Crippen LogP contribution is -3.12. The molecule has 1 heteroatoms. The van der Waals surface area contributed by atoms with Crippen LogP contribution in [-0.4, -0.2) is 5.67 Å². The van der Waals surface area contributed by atoms with Crippen LogP contribution in [0.1, 0.15) is 475 Å². The fraction of sp³-hybridized carbons (Fsp3) is 0.965. The summed E-state index contributed by atoms with van der Waals surface area (Å²) < 4.78 is 15.0. The van der Waals surface area contributed by atoms with E-state index in [1.807, 2.05) is 6.92 Å². The summed E-state index contributed by atoms with van der Waals surface area (Å²) in [5.41, 5.74) is 12.8. The number of allylic oxidation sites excluding steroid dienone is 4. The average molecular weight is 1610 g/mol. The Labute approximate surface area is 727 Å². The molecular formula is C115H207F. The van der Waals surface area contributed by atoms with Crippen molar-refractivity contribution in [3.8, 4) is 0 Å². The van der Waals surface area contributed by atoms with Crippen molar-refractivity contribution >= 4 is 0 Å². The summed E-state index contributed by atoms with van der Waals surface area (Å²) in [6, 6.07) is 0. The quantitative estimate of drug-likeness (QED) is 0.212.